The minimum Gasteiger partial charge on any atom is -0.467 e. The zero-order valence-electron chi connectivity index (χ0n) is 10.8. The summed E-state index contributed by atoms with van der Waals surface area (Å²) in [6.45, 7) is 0.660. The van der Waals surface area contributed by atoms with Crippen LogP contribution in [-0.2, 0) is 6.42 Å². The fourth-order valence-corrected chi connectivity index (χ4v) is 1.45. The summed E-state index contributed by atoms with van der Waals surface area (Å²) in [6, 6.07) is 6.24. The van der Waals surface area contributed by atoms with Crippen molar-refractivity contribution in [1.29, 1.82) is 0 Å². The molecule has 0 aliphatic rings. The molecular formula is C12H15N5O2. The summed E-state index contributed by atoms with van der Waals surface area (Å²) in [6.07, 6.45) is 2.54. The van der Waals surface area contributed by atoms with Crippen LogP contribution in [0.5, 0.6) is 12.0 Å². The fraction of sp³-hybridized carbons (Fsp3) is 0.333. The van der Waals surface area contributed by atoms with E-state index in [0.717, 1.165) is 12.1 Å². The van der Waals surface area contributed by atoms with Crippen LogP contribution in [0, 0.1) is 0 Å². The van der Waals surface area contributed by atoms with Crippen LogP contribution in [0.1, 0.15) is 5.69 Å². The Morgan fingerprint density at radius 1 is 1.05 bits per heavy atom. The van der Waals surface area contributed by atoms with Gasteiger partial charge in [-0.05, 0) is 12.1 Å². The minimum absolute atomic E-state index is 0.215. The van der Waals surface area contributed by atoms with Gasteiger partial charge in [-0.25, -0.2) is 0 Å². The third kappa shape index (κ3) is 3.77. The number of pyridine rings is 1. The lowest BCUT2D eigenvalue weighted by Crippen LogP contribution is -2.10. The second-order valence-corrected chi connectivity index (χ2v) is 3.63. The topological polar surface area (TPSA) is 82.0 Å². The third-order valence-corrected chi connectivity index (χ3v) is 2.35. The van der Waals surface area contributed by atoms with E-state index in [2.05, 4.69) is 25.3 Å². The van der Waals surface area contributed by atoms with Crippen LogP contribution in [-0.4, -0.2) is 40.7 Å². The molecule has 2 aromatic heterocycles. The second-order valence-electron chi connectivity index (χ2n) is 3.63. The molecular weight excluding hydrogens is 246 g/mol. The van der Waals surface area contributed by atoms with Crippen LogP contribution in [0.25, 0.3) is 0 Å². The maximum atomic E-state index is 4.97. The molecule has 0 aromatic carbocycles. The zero-order valence-corrected chi connectivity index (χ0v) is 10.8. The van der Waals surface area contributed by atoms with E-state index in [9.17, 15) is 0 Å². The van der Waals surface area contributed by atoms with Crippen LogP contribution >= 0.6 is 0 Å². The predicted molar refractivity (Wildman–Crippen MR) is 69.4 cm³/mol. The van der Waals surface area contributed by atoms with Gasteiger partial charge in [0.25, 0.3) is 0 Å². The van der Waals surface area contributed by atoms with Gasteiger partial charge in [-0.1, -0.05) is 6.07 Å². The number of ether oxygens (including phenoxy) is 2. The molecule has 0 aliphatic carbocycles. The van der Waals surface area contributed by atoms with Gasteiger partial charge in [0.05, 0.1) is 14.2 Å². The van der Waals surface area contributed by atoms with Crippen molar-refractivity contribution >= 4 is 5.95 Å². The Labute approximate surface area is 111 Å². The van der Waals surface area contributed by atoms with Crippen molar-refractivity contribution in [2.75, 3.05) is 26.1 Å². The average Bonchev–Trinajstić information content (AvgIpc) is 2.48. The van der Waals surface area contributed by atoms with E-state index >= 15 is 0 Å². The molecule has 2 rings (SSSR count). The predicted octanol–water partition coefficient (Wildman–Crippen LogP) is 0.938. The van der Waals surface area contributed by atoms with E-state index in [1.54, 1.807) is 6.20 Å². The molecule has 2 heterocycles. The second kappa shape index (κ2) is 6.48. The third-order valence-electron chi connectivity index (χ3n) is 2.35. The van der Waals surface area contributed by atoms with E-state index in [1.165, 1.54) is 14.2 Å². The summed E-state index contributed by atoms with van der Waals surface area (Å²) in [4.78, 5) is 16.3. The van der Waals surface area contributed by atoms with Crippen molar-refractivity contribution in [1.82, 2.24) is 19.9 Å². The van der Waals surface area contributed by atoms with E-state index < -0.39 is 0 Å². The normalized spacial score (nSPS) is 10.0. The van der Waals surface area contributed by atoms with E-state index in [1.807, 2.05) is 18.2 Å². The van der Waals surface area contributed by atoms with Crippen LogP contribution in [0.4, 0.5) is 5.95 Å². The van der Waals surface area contributed by atoms with Crippen LogP contribution in [0.15, 0.2) is 24.4 Å². The van der Waals surface area contributed by atoms with Gasteiger partial charge in [0.1, 0.15) is 0 Å². The van der Waals surface area contributed by atoms with Crippen molar-refractivity contribution in [2.45, 2.75) is 6.42 Å². The van der Waals surface area contributed by atoms with Gasteiger partial charge in [0.15, 0.2) is 0 Å². The smallest absolute Gasteiger partial charge is 0.324 e. The molecule has 0 saturated carbocycles. The SMILES string of the molecule is COc1nc(NCCc2ccccn2)nc(OC)n1. The number of aromatic nitrogens is 4. The lowest BCUT2D eigenvalue weighted by molar-refractivity contribution is 0.341. The standard InChI is InChI=1S/C12H15N5O2/c1-18-11-15-10(16-12(17-11)19-2)14-8-6-9-5-3-4-7-13-9/h3-5,7H,6,8H2,1-2H3,(H,14,15,16,17). The van der Waals surface area contributed by atoms with Crippen molar-refractivity contribution in [3.8, 4) is 12.0 Å². The molecule has 7 nitrogen and oxygen atoms in total. The first-order valence-electron chi connectivity index (χ1n) is 5.79. The monoisotopic (exact) mass is 261 g/mol. The number of methoxy groups -OCH3 is 2. The molecule has 100 valence electrons. The Bertz CT molecular complexity index is 499. The van der Waals surface area contributed by atoms with Gasteiger partial charge in [-0.15, -0.1) is 4.98 Å². The van der Waals surface area contributed by atoms with Crippen LogP contribution < -0.4 is 14.8 Å². The first kappa shape index (κ1) is 13.0. The Kier molecular flexibility index (Phi) is 4.44. The average molecular weight is 261 g/mol. The lowest BCUT2D eigenvalue weighted by atomic mass is 10.3. The van der Waals surface area contributed by atoms with Gasteiger partial charge < -0.3 is 14.8 Å². The van der Waals surface area contributed by atoms with Gasteiger partial charge in [-0.3, -0.25) is 4.98 Å². The van der Waals surface area contributed by atoms with Gasteiger partial charge in [0.2, 0.25) is 5.95 Å². The Balaban J connectivity index is 1.95. The summed E-state index contributed by atoms with van der Waals surface area (Å²) in [5.41, 5.74) is 1.00. The molecule has 0 atom stereocenters. The summed E-state index contributed by atoms with van der Waals surface area (Å²) in [7, 11) is 2.99. The van der Waals surface area contributed by atoms with Crippen molar-refractivity contribution in [3.05, 3.63) is 30.1 Å². The highest BCUT2D eigenvalue weighted by molar-refractivity contribution is 5.27. The number of nitrogens with one attached hydrogen (secondary N) is 1. The molecule has 19 heavy (non-hydrogen) atoms. The summed E-state index contributed by atoms with van der Waals surface area (Å²) in [5.74, 6) is 0.416. The van der Waals surface area contributed by atoms with Crippen LogP contribution in [0.3, 0.4) is 0 Å². The molecule has 0 saturated heterocycles. The van der Waals surface area contributed by atoms with E-state index in [0.29, 0.717) is 12.5 Å². The summed E-state index contributed by atoms with van der Waals surface area (Å²) < 4.78 is 9.93. The fourth-order valence-electron chi connectivity index (χ4n) is 1.45. The molecule has 1 N–H and O–H groups in total. The highest BCUT2D eigenvalue weighted by atomic mass is 16.5. The number of nitrogens with zero attached hydrogens (tertiary/aromatic N) is 4. The number of rotatable bonds is 6. The molecule has 0 aliphatic heterocycles. The van der Waals surface area contributed by atoms with Crippen LogP contribution in [0.2, 0.25) is 0 Å². The molecule has 0 fully saturated rings. The minimum atomic E-state index is 0.215. The Morgan fingerprint density at radius 3 is 2.37 bits per heavy atom. The highest BCUT2D eigenvalue weighted by Gasteiger charge is 2.06. The van der Waals surface area contributed by atoms with Gasteiger partial charge in [0, 0.05) is 24.9 Å². The molecule has 0 bridgehead atoms. The van der Waals surface area contributed by atoms with Crippen molar-refractivity contribution in [2.24, 2.45) is 0 Å². The molecule has 0 unspecified atom stereocenters. The largest absolute Gasteiger partial charge is 0.467 e. The molecule has 0 radical (unpaired) electrons. The quantitative estimate of drug-likeness (QED) is 0.828. The van der Waals surface area contributed by atoms with Crippen molar-refractivity contribution in [3.63, 3.8) is 0 Å². The Hall–Kier alpha value is -2.44. The summed E-state index contributed by atoms with van der Waals surface area (Å²) in [5, 5.41) is 3.08. The molecule has 7 heteroatoms. The first-order chi connectivity index (χ1) is 9.31. The number of hydrogen-bond acceptors (Lipinski definition) is 7. The summed E-state index contributed by atoms with van der Waals surface area (Å²) >= 11 is 0. The zero-order chi connectivity index (χ0) is 13.5. The first-order valence-corrected chi connectivity index (χ1v) is 5.79. The maximum Gasteiger partial charge on any atom is 0.324 e. The van der Waals surface area contributed by atoms with E-state index in [4.69, 9.17) is 9.47 Å². The molecule has 0 amide bonds. The lowest BCUT2D eigenvalue weighted by Gasteiger charge is -2.07. The van der Waals surface area contributed by atoms with Crippen molar-refractivity contribution < 1.29 is 9.47 Å². The molecule has 2 aromatic rings. The van der Waals surface area contributed by atoms with Gasteiger partial charge >= 0.3 is 12.0 Å². The highest BCUT2D eigenvalue weighted by Crippen LogP contribution is 2.11. The van der Waals surface area contributed by atoms with Gasteiger partial charge in [-0.2, -0.15) is 9.97 Å². The number of anilines is 1. The van der Waals surface area contributed by atoms with E-state index in [-0.39, 0.29) is 12.0 Å². The Morgan fingerprint density at radius 2 is 1.79 bits per heavy atom. The molecule has 0 spiro atoms. The maximum absolute atomic E-state index is 4.97. The number of hydrogen-bond donors (Lipinski definition) is 1.